The summed E-state index contributed by atoms with van der Waals surface area (Å²) >= 11 is 0. The summed E-state index contributed by atoms with van der Waals surface area (Å²) < 4.78 is 0. The summed E-state index contributed by atoms with van der Waals surface area (Å²) in [7, 11) is 0. The van der Waals surface area contributed by atoms with Crippen molar-refractivity contribution < 1.29 is 14.6 Å². The minimum absolute atomic E-state index is 0.0699. The second kappa shape index (κ2) is 3.03. The Morgan fingerprint density at radius 2 is 2.00 bits per heavy atom. The van der Waals surface area contributed by atoms with Crippen molar-refractivity contribution in [3.63, 3.8) is 0 Å². The van der Waals surface area contributed by atoms with E-state index in [0.29, 0.717) is 6.61 Å². The Morgan fingerprint density at radius 3 is 2.50 bits per heavy atom. The van der Waals surface area contributed by atoms with E-state index in [2.05, 4.69) is 0 Å². The predicted octanol–water partition coefficient (Wildman–Crippen LogP) is 0.329. The quantitative estimate of drug-likeness (QED) is 0.421. The molecule has 0 aromatic rings. The average Bonchev–Trinajstić information content (AvgIpc) is 2.55. The van der Waals surface area contributed by atoms with Crippen molar-refractivity contribution in [3.8, 4) is 0 Å². The molecule has 2 rings (SSSR count). The van der Waals surface area contributed by atoms with E-state index in [4.69, 9.17) is 9.78 Å². The van der Waals surface area contributed by atoms with Gasteiger partial charge in [-0.1, -0.05) is 0 Å². The van der Waals surface area contributed by atoms with E-state index in [1.54, 1.807) is 4.90 Å². The van der Waals surface area contributed by atoms with E-state index in [0.717, 1.165) is 38.8 Å². The molecule has 0 aromatic heterocycles. The van der Waals surface area contributed by atoms with Gasteiger partial charge in [0.1, 0.15) is 5.60 Å². The number of piperidine rings is 1. The van der Waals surface area contributed by atoms with Crippen molar-refractivity contribution in [2.24, 2.45) is 0 Å². The minimum atomic E-state index is -0.0699. The van der Waals surface area contributed by atoms with Gasteiger partial charge in [-0.2, -0.15) is 0 Å². The summed E-state index contributed by atoms with van der Waals surface area (Å²) in [5, 5.41) is 0. The zero-order chi connectivity index (χ0) is 8.44. The maximum Gasteiger partial charge on any atom is 0.209 e. The lowest BCUT2D eigenvalue weighted by atomic mass is 9.89. The molecule has 4 heteroatoms. The van der Waals surface area contributed by atoms with Crippen LogP contribution in [0.2, 0.25) is 0 Å². The van der Waals surface area contributed by atoms with Crippen LogP contribution in [0, 0.1) is 0 Å². The largest absolute Gasteiger partial charge is 0.345 e. The summed E-state index contributed by atoms with van der Waals surface area (Å²) in [5.74, 6) is 0. The Balaban J connectivity index is 1.92. The van der Waals surface area contributed by atoms with Crippen molar-refractivity contribution in [3.05, 3.63) is 0 Å². The molecule has 0 aliphatic carbocycles. The van der Waals surface area contributed by atoms with Crippen LogP contribution in [0.4, 0.5) is 0 Å². The van der Waals surface area contributed by atoms with E-state index in [1.165, 1.54) is 0 Å². The van der Waals surface area contributed by atoms with E-state index in [1.807, 2.05) is 0 Å². The molecule has 2 aliphatic rings. The van der Waals surface area contributed by atoms with E-state index < -0.39 is 0 Å². The van der Waals surface area contributed by atoms with Crippen LogP contribution in [0.5, 0.6) is 0 Å². The maximum absolute atomic E-state index is 10.4. The molecule has 68 valence electrons. The van der Waals surface area contributed by atoms with E-state index >= 15 is 0 Å². The number of hydrogen-bond donors (Lipinski definition) is 0. The molecule has 0 radical (unpaired) electrons. The zero-order valence-corrected chi connectivity index (χ0v) is 6.99. The third kappa shape index (κ3) is 1.32. The summed E-state index contributed by atoms with van der Waals surface area (Å²) in [6, 6.07) is 0. The van der Waals surface area contributed by atoms with Crippen LogP contribution in [0.1, 0.15) is 19.3 Å². The first-order chi connectivity index (χ1) is 5.85. The Hall–Kier alpha value is -0.610. The van der Waals surface area contributed by atoms with Gasteiger partial charge in [0.25, 0.3) is 0 Å². The molecule has 1 amide bonds. The molecule has 12 heavy (non-hydrogen) atoms. The van der Waals surface area contributed by atoms with Gasteiger partial charge in [0, 0.05) is 19.5 Å². The van der Waals surface area contributed by atoms with E-state index in [-0.39, 0.29) is 5.60 Å². The maximum atomic E-state index is 10.4. The summed E-state index contributed by atoms with van der Waals surface area (Å²) in [4.78, 5) is 22.3. The number of nitrogens with zero attached hydrogens (tertiary/aromatic N) is 1. The monoisotopic (exact) mass is 171 g/mol. The van der Waals surface area contributed by atoms with Crippen LogP contribution >= 0.6 is 0 Å². The highest BCUT2D eigenvalue weighted by Gasteiger charge is 2.39. The van der Waals surface area contributed by atoms with Gasteiger partial charge < -0.3 is 4.90 Å². The molecule has 0 atom stereocenters. The van der Waals surface area contributed by atoms with Crippen LogP contribution in [0.15, 0.2) is 0 Å². The summed E-state index contributed by atoms with van der Waals surface area (Å²) in [6.45, 7) is 2.29. The molecule has 0 aromatic carbocycles. The van der Waals surface area contributed by atoms with Gasteiger partial charge in [0.15, 0.2) is 0 Å². The fraction of sp³-hybridized carbons (Fsp3) is 0.875. The highest BCUT2D eigenvalue weighted by molar-refractivity contribution is 5.47. The van der Waals surface area contributed by atoms with Crippen LogP contribution in [0.25, 0.3) is 0 Å². The Morgan fingerprint density at radius 1 is 1.25 bits per heavy atom. The van der Waals surface area contributed by atoms with Gasteiger partial charge in [-0.15, -0.1) is 0 Å². The van der Waals surface area contributed by atoms with Gasteiger partial charge in [0.2, 0.25) is 6.41 Å². The molecule has 2 saturated heterocycles. The Labute approximate surface area is 71.4 Å². The van der Waals surface area contributed by atoms with Crippen molar-refractivity contribution in [1.82, 2.24) is 4.90 Å². The molecule has 4 nitrogen and oxygen atoms in total. The van der Waals surface area contributed by atoms with Gasteiger partial charge in [0.05, 0.1) is 6.61 Å². The minimum Gasteiger partial charge on any atom is -0.345 e. The average molecular weight is 171 g/mol. The van der Waals surface area contributed by atoms with Crippen molar-refractivity contribution in [2.45, 2.75) is 24.9 Å². The lowest BCUT2D eigenvalue weighted by Gasteiger charge is -2.34. The normalized spacial score (nSPS) is 27.8. The van der Waals surface area contributed by atoms with Crippen LogP contribution < -0.4 is 0 Å². The highest BCUT2D eigenvalue weighted by atomic mass is 17.2. The Bertz CT molecular complexity index is 167. The standard InChI is InChI=1S/C8H13NO3/c10-7-9-4-1-8(2-5-9)3-6-11-12-8/h7H,1-6H2. The van der Waals surface area contributed by atoms with Crippen LogP contribution in [0.3, 0.4) is 0 Å². The topological polar surface area (TPSA) is 38.8 Å². The number of rotatable bonds is 1. The molecule has 2 fully saturated rings. The molecule has 0 unspecified atom stereocenters. The molecule has 0 bridgehead atoms. The highest BCUT2D eigenvalue weighted by Crippen LogP contribution is 2.33. The molecule has 0 saturated carbocycles. The lowest BCUT2D eigenvalue weighted by Crippen LogP contribution is -2.43. The lowest BCUT2D eigenvalue weighted by molar-refractivity contribution is -0.315. The molecule has 2 aliphatic heterocycles. The van der Waals surface area contributed by atoms with E-state index in [9.17, 15) is 4.79 Å². The fourth-order valence-electron chi connectivity index (χ4n) is 1.81. The molecule has 0 N–H and O–H groups in total. The number of hydrogen-bond acceptors (Lipinski definition) is 3. The summed E-state index contributed by atoms with van der Waals surface area (Å²) in [5.41, 5.74) is -0.0699. The first kappa shape index (κ1) is 8.01. The number of carbonyl (C=O) groups excluding carboxylic acids is 1. The predicted molar refractivity (Wildman–Crippen MR) is 41.3 cm³/mol. The zero-order valence-electron chi connectivity index (χ0n) is 6.99. The first-order valence-corrected chi connectivity index (χ1v) is 4.35. The number of amides is 1. The second-order valence-corrected chi connectivity index (χ2v) is 3.48. The first-order valence-electron chi connectivity index (χ1n) is 4.35. The summed E-state index contributed by atoms with van der Waals surface area (Å²) in [6.07, 6.45) is 3.69. The third-order valence-corrected chi connectivity index (χ3v) is 2.74. The smallest absolute Gasteiger partial charge is 0.209 e. The third-order valence-electron chi connectivity index (χ3n) is 2.74. The van der Waals surface area contributed by atoms with Gasteiger partial charge in [-0.05, 0) is 12.8 Å². The number of carbonyl (C=O) groups is 1. The van der Waals surface area contributed by atoms with Crippen molar-refractivity contribution in [2.75, 3.05) is 19.7 Å². The fourth-order valence-corrected chi connectivity index (χ4v) is 1.81. The molecule has 2 heterocycles. The molecule has 1 spiro atoms. The van der Waals surface area contributed by atoms with Gasteiger partial charge >= 0.3 is 0 Å². The van der Waals surface area contributed by atoms with Crippen molar-refractivity contribution in [1.29, 1.82) is 0 Å². The molecular formula is C8H13NO3. The number of likely N-dealkylation sites (tertiary alicyclic amines) is 1. The second-order valence-electron chi connectivity index (χ2n) is 3.48. The van der Waals surface area contributed by atoms with Crippen molar-refractivity contribution >= 4 is 6.41 Å². The molecular weight excluding hydrogens is 158 g/mol. The SMILES string of the molecule is O=CN1CCC2(CCOO2)CC1. The van der Waals surface area contributed by atoms with Crippen LogP contribution in [-0.4, -0.2) is 36.6 Å². The van der Waals surface area contributed by atoms with Gasteiger partial charge in [-0.3, -0.25) is 4.79 Å². The van der Waals surface area contributed by atoms with Gasteiger partial charge in [-0.25, -0.2) is 9.78 Å². The Kier molecular flexibility index (Phi) is 2.02. The van der Waals surface area contributed by atoms with Crippen LogP contribution in [-0.2, 0) is 14.6 Å².